The third kappa shape index (κ3) is 133. The van der Waals surface area contributed by atoms with Gasteiger partial charge < -0.3 is 35.7 Å². The lowest BCUT2D eigenvalue weighted by molar-refractivity contribution is -0.193. The molecule has 0 aromatic carbocycles. The monoisotopic (exact) mass is 569 g/mol. The van der Waals surface area contributed by atoms with Crippen LogP contribution in [0, 0.1) is 0 Å². The van der Waals surface area contributed by atoms with Crippen LogP contribution in [0.1, 0.15) is 66.2 Å². The van der Waals surface area contributed by atoms with Crippen LogP contribution in [-0.4, -0.2) is 94.8 Å². The number of aliphatic hydroxyl groups excluding tert-OH is 1. The molecule has 0 unspecified atom stereocenters. The molecule has 15 heteroatoms. The van der Waals surface area contributed by atoms with Gasteiger partial charge in [0.25, 0.3) is 0 Å². The Morgan fingerprint density at radius 3 is 1.21 bits per heavy atom. The summed E-state index contributed by atoms with van der Waals surface area (Å²) >= 11 is 0. The molecule has 0 aromatic heterocycles. The zero-order valence-corrected chi connectivity index (χ0v) is 24.0. The molecule has 0 radical (unpaired) electrons. The minimum absolute atomic E-state index is 0.0993. The van der Waals surface area contributed by atoms with E-state index in [0.717, 1.165) is 32.2 Å². The highest BCUT2D eigenvalue weighted by molar-refractivity contribution is 5.75. The lowest BCUT2D eigenvalue weighted by Crippen LogP contribution is -2.16. The van der Waals surface area contributed by atoms with E-state index in [-0.39, 0.29) is 42.8 Å². The van der Waals surface area contributed by atoms with E-state index in [0.29, 0.717) is 39.1 Å². The van der Waals surface area contributed by atoms with E-state index in [1.54, 1.807) is 14.0 Å². The van der Waals surface area contributed by atoms with Crippen LogP contribution in [0.5, 0.6) is 0 Å². The first-order valence-corrected chi connectivity index (χ1v) is 11.9. The third-order valence-corrected chi connectivity index (χ3v) is 2.87. The van der Waals surface area contributed by atoms with Crippen LogP contribution in [0.4, 0.5) is 0 Å². The Kier molecular flexibility index (Phi) is 86.2. The first kappa shape index (κ1) is 52.1. The largest absolute Gasteiger partial charge is 0.464 e. The number of nitrogens with one attached hydrogen (secondary N) is 2. The van der Waals surface area contributed by atoms with E-state index in [1.165, 1.54) is 0 Å². The number of Topliss-reactive ketones (excluding diaryl/α,β-unsaturated/α-hetero) is 1. The molecule has 0 aliphatic rings. The van der Waals surface area contributed by atoms with Crippen LogP contribution in [0.15, 0.2) is 0 Å². The van der Waals surface area contributed by atoms with Crippen molar-refractivity contribution >= 4 is 36.2 Å². The molecule has 0 amide bonds. The highest BCUT2D eigenvalue weighted by Gasteiger charge is 1.98. The van der Waals surface area contributed by atoms with Crippen molar-refractivity contribution in [3.8, 4) is 0 Å². The molecule has 0 aliphatic carbocycles. The van der Waals surface area contributed by atoms with E-state index < -0.39 is 0 Å². The van der Waals surface area contributed by atoms with Gasteiger partial charge in [0.1, 0.15) is 19.0 Å². The van der Waals surface area contributed by atoms with Crippen LogP contribution < -0.4 is 16.4 Å². The van der Waals surface area contributed by atoms with E-state index >= 15 is 0 Å². The van der Waals surface area contributed by atoms with Crippen molar-refractivity contribution in [3.05, 3.63) is 0 Å². The van der Waals surface area contributed by atoms with E-state index in [2.05, 4.69) is 15.4 Å². The van der Waals surface area contributed by atoms with Crippen LogP contribution in [0.25, 0.3) is 0 Å². The molecule has 0 fully saturated rings. The number of esters is 2. The Hall–Kier alpha value is -3.41. The number of rotatable bonds is 13. The van der Waals surface area contributed by atoms with Crippen LogP contribution in [-0.2, 0) is 52.6 Å². The fraction of sp³-hybridized carbons (Fsp3) is 0.750. The number of nitrogens with two attached hydrogens (primary N) is 1. The van der Waals surface area contributed by atoms with Gasteiger partial charge in [0.15, 0.2) is 0 Å². The molecule has 0 rings (SSSR count). The van der Waals surface area contributed by atoms with Gasteiger partial charge in [-0.25, -0.2) is 0 Å². The highest BCUT2D eigenvalue weighted by Crippen LogP contribution is 1.90. The maximum atomic E-state index is 10.7. The molecule has 39 heavy (non-hydrogen) atoms. The summed E-state index contributed by atoms with van der Waals surface area (Å²) in [7, 11) is 3.63. The summed E-state index contributed by atoms with van der Waals surface area (Å²) in [4.78, 5) is 80.0. The average molecular weight is 570 g/mol. The molecule has 230 valence electrons. The summed E-state index contributed by atoms with van der Waals surface area (Å²) in [5.41, 5.74) is 5.10. The summed E-state index contributed by atoms with van der Waals surface area (Å²) in [6, 6.07) is 0. The SMILES string of the molecule is CCCC(=O)OCCN.CCCC(=O)OCCNC.CCCC(C)=O.CNCCO.O=C=O.O=C=O.O=C=O. The minimum atomic E-state index is -0.150. The van der Waals surface area contributed by atoms with Crippen molar-refractivity contribution in [2.45, 2.75) is 66.2 Å². The number of ketones is 1. The first-order valence-electron chi connectivity index (χ1n) is 11.9. The zero-order valence-electron chi connectivity index (χ0n) is 24.0. The van der Waals surface area contributed by atoms with E-state index in [9.17, 15) is 14.4 Å². The lowest BCUT2D eigenvalue weighted by atomic mass is 10.3. The van der Waals surface area contributed by atoms with Crippen molar-refractivity contribution in [1.82, 2.24) is 10.6 Å². The van der Waals surface area contributed by atoms with Crippen molar-refractivity contribution in [2.24, 2.45) is 5.73 Å². The molecular weight excluding hydrogens is 522 g/mol. The number of ether oxygens (including phenoxy) is 2. The fourth-order valence-corrected chi connectivity index (χ4v) is 1.46. The van der Waals surface area contributed by atoms with Crippen molar-refractivity contribution in [3.63, 3.8) is 0 Å². The van der Waals surface area contributed by atoms with E-state index in [4.69, 9.17) is 44.3 Å². The fourth-order valence-electron chi connectivity index (χ4n) is 1.46. The van der Waals surface area contributed by atoms with Crippen molar-refractivity contribution < 1.29 is 57.7 Å². The van der Waals surface area contributed by atoms with Gasteiger partial charge in [-0.15, -0.1) is 0 Å². The number of carbonyl (C=O) groups excluding carboxylic acids is 9. The molecule has 0 saturated carbocycles. The molecule has 0 aromatic rings. The lowest BCUT2D eigenvalue weighted by Gasteiger charge is -2.01. The quantitative estimate of drug-likeness (QED) is 0.164. The van der Waals surface area contributed by atoms with Gasteiger partial charge in [-0.05, 0) is 40.3 Å². The van der Waals surface area contributed by atoms with Gasteiger partial charge >= 0.3 is 30.4 Å². The smallest absolute Gasteiger partial charge is 0.373 e. The van der Waals surface area contributed by atoms with Crippen molar-refractivity contribution in [2.75, 3.05) is 53.6 Å². The van der Waals surface area contributed by atoms with Crippen molar-refractivity contribution in [1.29, 1.82) is 0 Å². The Bertz CT molecular complexity index is 569. The summed E-state index contributed by atoms with van der Waals surface area (Å²) in [5, 5.41) is 13.7. The normalized spacial score (nSPS) is 7.49. The van der Waals surface area contributed by atoms with Gasteiger partial charge in [0.2, 0.25) is 0 Å². The zero-order chi connectivity index (χ0) is 32.2. The first-order chi connectivity index (χ1) is 18.5. The number of hydrogen-bond acceptors (Lipinski definition) is 15. The van der Waals surface area contributed by atoms with Gasteiger partial charge in [0.05, 0.1) is 6.61 Å². The summed E-state index contributed by atoms with van der Waals surface area (Å²) in [6.45, 7) is 10.4. The molecule has 0 saturated heterocycles. The standard InChI is InChI=1S/C7H15NO2.C6H13NO2.C5H10O.C3H9NO.3CO2/c1-3-4-7(9)10-6-5-8-2;1-2-3-6(8)9-5-4-7;1-3-4-5(2)6;1-4-2-3-5;3*2-1-3/h8H,3-6H2,1-2H3;2-5,7H2,1H3;3-4H2,1-2H3;4-5H,2-3H2,1H3;;;. The Morgan fingerprint density at radius 2 is 1.03 bits per heavy atom. The predicted molar refractivity (Wildman–Crippen MR) is 136 cm³/mol. The summed E-state index contributed by atoms with van der Waals surface area (Å²) in [5.74, 6) is 0.0400. The number of carbonyl (C=O) groups is 3. The second kappa shape index (κ2) is 64.5. The maximum absolute atomic E-state index is 10.7. The van der Waals surface area contributed by atoms with Crippen LogP contribution in [0.2, 0.25) is 0 Å². The Labute approximate surface area is 230 Å². The highest BCUT2D eigenvalue weighted by atomic mass is 16.5. The average Bonchev–Trinajstić information content (AvgIpc) is 2.86. The number of likely N-dealkylation sites (N-methyl/N-ethyl adjacent to an activating group) is 2. The minimum Gasteiger partial charge on any atom is -0.464 e. The molecule has 5 N–H and O–H groups in total. The van der Waals surface area contributed by atoms with E-state index in [1.807, 2.05) is 27.8 Å². The number of hydrogen-bond donors (Lipinski definition) is 4. The molecular formula is C24H47N3O12. The molecule has 0 heterocycles. The van der Waals surface area contributed by atoms with Crippen LogP contribution >= 0.6 is 0 Å². The molecule has 0 aliphatic heterocycles. The summed E-state index contributed by atoms with van der Waals surface area (Å²) in [6.07, 6.45) is 5.20. The molecule has 0 bridgehead atoms. The van der Waals surface area contributed by atoms with Gasteiger partial charge in [0, 0.05) is 38.9 Å². The second-order valence-corrected chi connectivity index (χ2v) is 6.36. The molecule has 0 spiro atoms. The van der Waals surface area contributed by atoms with Gasteiger partial charge in [-0.3, -0.25) is 9.59 Å². The Balaban J connectivity index is -0.0000000648. The predicted octanol–water partition coefficient (Wildman–Crippen LogP) is -0.339. The summed E-state index contributed by atoms with van der Waals surface area (Å²) < 4.78 is 9.49. The second-order valence-electron chi connectivity index (χ2n) is 6.36. The molecule has 0 atom stereocenters. The number of aliphatic hydroxyl groups is 1. The Morgan fingerprint density at radius 1 is 0.692 bits per heavy atom. The van der Waals surface area contributed by atoms with Gasteiger partial charge in [-0.1, -0.05) is 20.8 Å². The van der Waals surface area contributed by atoms with Crippen LogP contribution in [0.3, 0.4) is 0 Å². The topological polar surface area (TPSA) is 242 Å². The third-order valence-electron chi connectivity index (χ3n) is 2.87. The molecule has 15 nitrogen and oxygen atoms in total. The maximum Gasteiger partial charge on any atom is 0.373 e. The van der Waals surface area contributed by atoms with Gasteiger partial charge in [-0.2, -0.15) is 28.8 Å².